The maximum Gasteiger partial charge on any atom is 0.291 e. The Balaban J connectivity index is 1.48. The Hall–Kier alpha value is -3.29. The molecular weight excluding hydrogens is 420 g/mol. The predicted octanol–water partition coefficient (Wildman–Crippen LogP) is 3.97. The number of anilines is 1. The van der Waals surface area contributed by atoms with E-state index in [9.17, 15) is 9.59 Å². The van der Waals surface area contributed by atoms with Gasteiger partial charge in [0.25, 0.3) is 11.8 Å². The first-order chi connectivity index (χ1) is 15.1. The zero-order valence-corrected chi connectivity index (χ0v) is 17.3. The lowest BCUT2D eigenvalue weighted by atomic mass is 10.1. The van der Waals surface area contributed by atoms with Gasteiger partial charge in [0.05, 0.1) is 18.8 Å². The lowest BCUT2D eigenvalue weighted by Gasteiger charge is -2.26. The molecule has 0 aliphatic carbocycles. The molecule has 0 saturated carbocycles. The molecule has 1 N–H and O–H groups in total. The predicted molar refractivity (Wildman–Crippen MR) is 116 cm³/mol. The molecule has 1 fully saturated rings. The third kappa shape index (κ3) is 3.78. The molecule has 1 aromatic heterocycles. The summed E-state index contributed by atoms with van der Waals surface area (Å²) in [7, 11) is 0. The number of benzene rings is 2. The van der Waals surface area contributed by atoms with Crippen molar-refractivity contribution in [2.24, 2.45) is 0 Å². The molecule has 1 saturated heterocycles. The highest BCUT2D eigenvalue weighted by molar-refractivity contribution is 6.30. The van der Waals surface area contributed by atoms with Crippen LogP contribution in [-0.2, 0) is 9.53 Å². The van der Waals surface area contributed by atoms with E-state index in [-0.39, 0.29) is 24.2 Å². The molecule has 2 aromatic carbocycles. The molecule has 158 valence electrons. The molecule has 2 amide bonds. The Kier molecular flexibility index (Phi) is 5.13. The van der Waals surface area contributed by atoms with E-state index in [4.69, 9.17) is 25.5 Å². The summed E-state index contributed by atoms with van der Waals surface area (Å²) in [5.41, 5.74) is 2.03. The summed E-state index contributed by atoms with van der Waals surface area (Å²) in [4.78, 5) is 27.9. The van der Waals surface area contributed by atoms with Crippen LogP contribution in [0.2, 0.25) is 5.02 Å². The van der Waals surface area contributed by atoms with E-state index in [1.54, 1.807) is 35.2 Å². The summed E-state index contributed by atoms with van der Waals surface area (Å²) >= 11 is 6.07. The van der Waals surface area contributed by atoms with Crippen LogP contribution in [0.3, 0.4) is 0 Å². The van der Waals surface area contributed by atoms with Crippen molar-refractivity contribution in [3.05, 3.63) is 64.4 Å². The molecule has 0 atom stereocenters. The quantitative estimate of drug-likeness (QED) is 0.669. The maximum atomic E-state index is 13.1. The van der Waals surface area contributed by atoms with Gasteiger partial charge in [-0.05, 0) is 36.4 Å². The summed E-state index contributed by atoms with van der Waals surface area (Å²) < 4.78 is 16.9. The van der Waals surface area contributed by atoms with Gasteiger partial charge in [-0.15, -0.1) is 0 Å². The second kappa shape index (κ2) is 8.09. The molecule has 5 rings (SSSR count). The molecule has 0 spiro atoms. The fourth-order valence-corrected chi connectivity index (χ4v) is 3.88. The number of amides is 2. The topological polar surface area (TPSA) is 81.0 Å². The van der Waals surface area contributed by atoms with E-state index >= 15 is 0 Å². The highest BCUT2D eigenvalue weighted by Gasteiger charge is 2.28. The summed E-state index contributed by atoms with van der Waals surface area (Å²) in [6, 6.07) is 12.5. The Labute approximate surface area is 183 Å². The average Bonchev–Trinajstić information content (AvgIpc) is 3.17. The van der Waals surface area contributed by atoms with Crippen molar-refractivity contribution in [2.45, 2.75) is 0 Å². The van der Waals surface area contributed by atoms with Gasteiger partial charge < -0.3 is 24.1 Å². The summed E-state index contributed by atoms with van der Waals surface area (Å²) in [6.45, 7) is 2.00. The van der Waals surface area contributed by atoms with E-state index in [0.717, 1.165) is 5.56 Å². The summed E-state index contributed by atoms with van der Waals surface area (Å²) in [5.74, 6) is 0.129. The van der Waals surface area contributed by atoms with Gasteiger partial charge >= 0.3 is 0 Å². The van der Waals surface area contributed by atoms with Crippen molar-refractivity contribution >= 4 is 46.1 Å². The normalized spacial score (nSPS) is 15.8. The molecule has 0 bridgehead atoms. The van der Waals surface area contributed by atoms with E-state index in [1.807, 2.05) is 18.2 Å². The van der Waals surface area contributed by atoms with E-state index in [2.05, 4.69) is 5.32 Å². The molecule has 31 heavy (non-hydrogen) atoms. The number of nitrogens with zero attached hydrogens (tertiary/aromatic N) is 1. The number of halogens is 1. The number of para-hydroxylation sites is 1. The van der Waals surface area contributed by atoms with Crippen molar-refractivity contribution in [3.63, 3.8) is 0 Å². The highest BCUT2D eigenvalue weighted by atomic mass is 35.5. The molecular formula is C23H19ClN2O5. The van der Waals surface area contributed by atoms with Gasteiger partial charge in [-0.3, -0.25) is 9.59 Å². The number of hydrogen-bond donors (Lipinski definition) is 1. The molecule has 8 heteroatoms. The molecule has 3 aromatic rings. The second-order valence-electron chi connectivity index (χ2n) is 7.30. The third-order valence-corrected chi connectivity index (χ3v) is 5.54. The molecule has 2 aliphatic heterocycles. The smallest absolute Gasteiger partial charge is 0.291 e. The first-order valence-corrected chi connectivity index (χ1v) is 10.3. The number of carbonyl (C=O) groups excluding carboxylic acids is 2. The van der Waals surface area contributed by atoms with Gasteiger partial charge in [-0.1, -0.05) is 23.7 Å². The van der Waals surface area contributed by atoms with Crippen LogP contribution in [0, 0.1) is 0 Å². The van der Waals surface area contributed by atoms with E-state index in [0.29, 0.717) is 59.3 Å². The van der Waals surface area contributed by atoms with Crippen molar-refractivity contribution < 1.29 is 23.5 Å². The monoisotopic (exact) mass is 438 g/mol. The Bertz CT molecular complexity index is 1210. The zero-order valence-electron chi connectivity index (χ0n) is 16.5. The van der Waals surface area contributed by atoms with Gasteiger partial charge in [0.1, 0.15) is 23.6 Å². The van der Waals surface area contributed by atoms with Crippen LogP contribution in [0.15, 0.2) is 52.5 Å². The SMILES string of the molecule is O=C(Nc1c(C(=O)N2CCOCC2)oc2ccccc12)C1=Cc2cc(Cl)ccc2OC1. The van der Waals surface area contributed by atoms with Gasteiger partial charge in [0.2, 0.25) is 5.76 Å². The van der Waals surface area contributed by atoms with E-state index < -0.39 is 0 Å². The number of ether oxygens (including phenoxy) is 2. The van der Waals surface area contributed by atoms with Crippen LogP contribution in [0.5, 0.6) is 5.75 Å². The Morgan fingerprint density at radius 2 is 1.87 bits per heavy atom. The van der Waals surface area contributed by atoms with Gasteiger partial charge in [-0.25, -0.2) is 0 Å². The fourth-order valence-electron chi connectivity index (χ4n) is 3.70. The number of rotatable bonds is 3. The zero-order chi connectivity index (χ0) is 21.4. The molecule has 3 heterocycles. The van der Waals surface area contributed by atoms with Crippen LogP contribution in [0.25, 0.3) is 17.0 Å². The average molecular weight is 439 g/mol. The standard InChI is InChI=1S/C23H19ClN2O5/c24-16-5-6-18-14(12-16)11-15(13-30-18)22(27)25-20-17-3-1-2-4-19(17)31-21(20)23(28)26-7-9-29-10-8-26/h1-6,11-12H,7-10,13H2,(H,25,27). The number of hydrogen-bond acceptors (Lipinski definition) is 5. The summed E-state index contributed by atoms with van der Waals surface area (Å²) in [5, 5.41) is 4.09. The van der Waals surface area contributed by atoms with Crippen LogP contribution in [0.4, 0.5) is 5.69 Å². The maximum absolute atomic E-state index is 13.1. The second-order valence-corrected chi connectivity index (χ2v) is 7.74. The number of fused-ring (bicyclic) bond motifs is 2. The van der Waals surface area contributed by atoms with Crippen LogP contribution < -0.4 is 10.1 Å². The fraction of sp³-hybridized carbons (Fsp3) is 0.217. The van der Waals surface area contributed by atoms with Crippen LogP contribution in [0.1, 0.15) is 16.1 Å². The minimum absolute atomic E-state index is 0.109. The van der Waals surface area contributed by atoms with Crippen molar-refractivity contribution in [1.82, 2.24) is 4.90 Å². The lowest BCUT2D eigenvalue weighted by Crippen LogP contribution is -2.40. The van der Waals surface area contributed by atoms with Crippen molar-refractivity contribution in [2.75, 3.05) is 38.2 Å². The number of nitrogens with one attached hydrogen (secondary N) is 1. The largest absolute Gasteiger partial charge is 0.488 e. The molecule has 2 aliphatic rings. The number of carbonyl (C=O) groups is 2. The number of furan rings is 1. The first-order valence-electron chi connectivity index (χ1n) is 9.93. The Morgan fingerprint density at radius 3 is 2.71 bits per heavy atom. The van der Waals surface area contributed by atoms with Crippen LogP contribution in [-0.4, -0.2) is 49.6 Å². The van der Waals surface area contributed by atoms with Gasteiger partial charge in [0.15, 0.2) is 0 Å². The van der Waals surface area contributed by atoms with Crippen molar-refractivity contribution in [3.8, 4) is 5.75 Å². The number of morpholine rings is 1. The lowest BCUT2D eigenvalue weighted by molar-refractivity contribution is -0.113. The molecule has 0 unspecified atom stereocenters. The van der Waals surface area contributed by atoms with Crippen LogP contribution >= 0.6 is 11.6 Å². The minimum Gasteiger partial charge on any atom is -0.488 e. The first kappa shape index (κ1) is 19.7. The van der Waals surface area contributed by atoms with Crippen molar-refractivity contribution in [1.29, 1.82) is 0 Å². The van der Waals surface area contributed by atoms with Gasteiger partial charge in [0, 0.05) is 29.1 Å². The minimum atomic E-state index is -0.367. The highest BCUT2D eigenvalue weighted by Crippen LogP contribution is 2.34. The molecule has 7 nitrogen and oxygen atoms in total. The summed E-state index contributed by atoms with van der Waals surface area (Å²) in [6.07, 6.45) is 1.74. The Morgan fingerprint density at radius 1 is 1.06 bits per heavy atom. The van der Waals surface area contributed by atoms with E-state index in [1.165, 1.54) is 0 Å². The van der Waals surface area contributed by atoms with Gasteiger partial charge in [-0.2, -0.15) is 0 Å². The molecule has 0 radical (unpaired) electrons. The third-order valence-electron chi connectivity index (χ3n) is 5.30.